The van der Waals surface area contributed by atoms with Crippen LogP contribution in [0.5, 0.6) is 11.5 Å². The van der Waals surface area contributed by atoms with Crippen molar-refractivity contribution in [3.63, 3.8) is 0 Å². The summed E-state index contributed by atoms with van der Waals surface area (Å²) in [4.78, 5) is 23.0. The van der Waals surface area contributed by atoms with Crippen LogP contribution in [0.25, 0.3) is 6.08 Å². The molecular weight excluding hydrogens is 327 g/mol. The van der Waals surface area contributed by atoms with Gasteiger partial charge in [-0.05, 0) is 42.0 Å². The largest absolute Gasteiger partial charge is 0.454 e. The number of hydrogen-bond donors (Lipinski definition) is 2. The third kappa shape index (κ3) is 4.14. The Morgan fingerprint density at radius 2 is 1.88 bits per heavy atom. The maximum absolute atomic E-state index is 13.8. The Hall–Kier alpha value is -3.35. The van der Waals surface area contributed by atoms with E-state index < -0.39 is 11.7 Å². The SMILES string of the molecule is CC(=O)Nc1ccc(F)c(NC(=O)/C=C/c2ccc3c(c2)OCO3)c1. The normalized spacial score (nSPS) is 12.2. The van der Waals surface area contributed by atoms with Crippen LogP contribution in [0.2, 0.25) is 0 Å². The minimum absolute atomic E-state index is 0.0217. The maximum Gasteiger partial charge on any atom is 0.248 e. The lowest BCUT2D eigenvalue weighted by Gasteiger charge is -2.07. The molecule has 2 aromatic rings. The number of ether oxygens (including phenoxy) is 2. The van der Waals surface area contributed by atoms with E-state index in [2.05, 4.69) is 10.6 Å². The minimum atomic E-state index is -0.598. The van der Waals surface area contributed by atoms with Crippen LogP contribution in [0.4, 0.5) is 15.8 Å². The van der Waals surface area contributed by atoms with Crippen molar-refractivity contribution in [1.29, 1.82) is 0 Å². The molecule has 0 spiro atoms. The summed E-state index contributed by atoms with van der Waals surface area (Å²) in [7, 11) is 0. The van der Waals surface area contributed by atoms with Crippen LogP contribution in [-0.4, -0.2) is 18.6 Å². The van der Waals surface area contributed by atoms with Crippen LogP contribution in [0.1, 0.15) is 12.5 Å². The molecule has 0 fully saturated rings. The van der Waals surface area contributed by atoms with Crippen molar-refractivity contribution >= 4 is 29.3 Å². The highest BCUT2D eigenvalue weighted by atomic mass is 19.1. The van der Waals surface area contributed by atoms with E-state index in [1.54, 1.807) is 24.3 Å². The summed E-state index contributed by atoms with van der Waals surface area (Å²) in [5.74, 6) is -0.128. The number of fused-ring (bicyclic) bond motifs is 1. The second-order valence-electron chi connectivity index (χ2n) is 5.31. The van der Waals surface area contributed by atoms with Crippen molar-refractivity contribution in [2.45, 2.75) is 6.92 Å². The molecule has 128 valence electrons. The molecule has 0 saturated carbocycles. The molecule has 0 aromatic heterocycles. The van der Waals surface area contributed by atoms with Gasteiger partial charge >= 0.3 is 0 Å². The van der Waals surface area contributed by atoms with Crippen LogP contribution in [0.3, 0.4) is 0 Å². The molecule has 0 aliphatic carbocycles. The molecule has 6 nitrogen and oxygen atoms in total. The molecule has 1 heterocycles. The van der Waals surface area contributed by atoms with Gasteiger partial charge < -0.3 is 20.1 Å². The lowest BCUT2D eigenvalue weighted by molar-refractivity contribution is -0.114. The molecule has 0 saturated heterocycles. The topological polar surface area (TPSA) is 76.7 Å². The number of hydrogen-bond acceptors (Lipinski definition) is 4. The molecule has 0 bridgehead atoms. The van der Waals surface area contributed by atoms with Crippen molar-refractivity contribution in [3.05, 3.63) is 53.9 Å². The number of nitrogens with one attached hydrogen (secondary N) is 2. The van der Waals surface area contributed by atoms with Crippen molar-refractivity contribution < 1.29 is 23.5 Å². The Morgan fingerprint density at radius 3 is 2.68 bits per heavy atom. The summed E-state index contributed by atoms with van der Waals surface area (Å²) in [5.41, 5.74) is 1.11. The number of carbonyl (C=O) groups is 2. The first-order valence-corrected chi connectivity index (χ1v) is 7.47. The first-order valence-electron chi connectivity index (χ1n) is 7.47. The smallest absolute Gasteiger partial charge is 0.248 e. The van der Waals surface area contributed by atoms with Gasteiger partial charge in [-0.3, -0.25) is 9.59 Å². The Kier molecular flexibility index (Phi) is 4.65. The fourth-order valence-corrected chi connectivity index (χ4v) is 2.27. The Morgan fingerprint density at radius 1 is 1.08 bits per heavy atom. The molecular formula is C18H15FN2O4. The molecule has 0 radical (unpaired) electrons. The third-order valence-corrected chi connectivity index (χ3v) is 3.37. The Bertz CT molecular complexity index is 864. The molecule has 1 aliphatic rings. The molecule has 25 heavy (non-hydrogen) atoms. The van der Waals surface area contributed by atoms with Gasteiger partial charge in [-0.25, -0.2) is 4.39 Å². The van der Waals surface area contributed by atoms with Gasteiger partial charge in [0, 0.05) is 18.7 Å². The first-order chi connectivity index (χ1) is 12.0. The predicted octanol–water partition coefficient (Wildman–Crippen LogP) is 3.16. The van der Waals surface area contributed by atoms with E-state index in [4.69, 9.17) is 9.47 Å². The van der Waals surface area contributed by atoms with Crippen molar-refractivity contribution in [2.75, 3.05) is 17.4 Å². The Labute approximate surface area is 143 Å². The number of rotatable bonds is 4. The van der Waals surface area contributed by atoms with Crippen molar-refractivity contribution in [2.24, 2.45) is 0 Å². The van der Waals surface area contributed by atoms with Gasteiger partial charge in [0.2, 0.25) is 18.6 Å². The van der Waals surface area contributed by atoms with Crippen molar-refractivity contribution in [1.82, 2.24) is 0 Å². The van der Waals surface area contributed by atoms with E-state index in [1.807, 2.05) is 0 Å². The fourth-order valence-electron chi connectivity index (χ4n) is 2.27. The number of halogens is 1. The number of anilines is 2. The van der Waals surface area contributed by atoms with Gasteiger partial charge in [0.05, 0.1) is 5.69 Å². The highest BCUT2D eigenvalue weighted by molar-refractivity contribution is 6.02. The standard InChI is InChI=1S/C18H15FN2O4/c1-11(22)20-13-4-5-14(19)15(9-13)21-18(23)7-3-12-2-6-16-17(8-12)25-10-24-16/h2-9H,10H2,1H3,(H,20,22)(H,21,23)/b7-3+. The average Bonchev–Trinajstić information content (AvgIpc) is 3.03. The van der Waals surface area contributed by atoms with Crippen molar-refractivity contribution in [3.8, 4) is 11.5 Å². The monoisotopic (exact) mass is 342 g/mol. The molecule has 0 atom stereocenters. The van der Waals surface area contributed by atoms with Crippen LogP contribution in [0.15, 0.2) is 42.5 Å². The zero-order chi connectivity index (χ0) is 17.8. The van der Waals surface area contributed by atoms with E-state index in [1.165, 1.54) is 31.2 Å². The lowest BCUT2D eigenvalue weighted by atomic mass is 10.2. The number of carbonyl (C=O) groups excluding carboxylic acids is 2. The molecule has 2 N–H and O–H groups in total. The van der Waals surface area contributed by atoms with Gasteiger partial charge in [-0.15, -0.1) is 0 Å². The summed E-state index contributed by atoms with van der Waals surface area (Å²) < 4.78 is 24.3. The maximum atomic E-state index is 13.8. The van der Waals surface area contributed by atoms with Gasteiger partial charge in [-0.1, -0.05) is 6.07 Å². The second kappa shape index (κ2) is 7.04. The average molecular weight is 342 g/mol. The molecule has 7 heteroatoms. The number of amides is 2. The minimum Gasteiger partial charge on any atom is -0.454 e. The lowest BCUT2D eigenvalue weighted by Crippen LogP contribution is -2.11. The second-order valence-corrected chi connectivity index (χ2v) is 5.31. The predicted molar refractivity (Wildman–Crippen MR) is 90.9 cm³/mol. The van der Waals surface area contributed by atoms with Gasteiger partial charge in [0.15, 0.2) is 11.5 Å². The summed E-state index contributed by atoms with van der Waals surface area (Å²) in [6.45, 7) is 1.52. The molecule has 2 amide bonds. The Balaban J connectivity index is 1.69. The zero-order valence-electron chi connectivity index (χ0n) is 13.3. The van der Waals surface area contributed by atoms with Gasteiger partial charge in [-0.2, -0.15) is 0 Å². The van der Waals surface area contributed by atoms with Gasteiger partial charge in [0.25, 0.3) is 0 Å². The highest BCUT2D eigenvalue weighted by Crippen LogP contribution is 2.32. The van der Waals surface area contributed by atoms with Crippen LogP contribution in [0, 0.1) is 5.82 Å². The summed E-state index contributed by atoms with van der Waals surface area (Å²) >= 11 is 0. The quantitative estimate of drug-likeness (QED) is 0.837. The molecule has 1 aliphatic heterocycles. The van der Waals surface area contributed by atoms with E-state index in [0.29, 0.717) is 17.2 Å². The van der Waals surface area contributed by atoms with Gasteiger partial charge in [0.1, 0.15) is 5.82 Å². The van der Waals surface area contributed by atoms with E-state index in [9.17, 15) is 14.0 Å². The zero-order valence-corrected chi connectivity index (χ0v) is 13.3. The number of benzene rings is 2. The van der Waals surface area contributed by atoms with E-state index in [0.717, 1.165) is 5.56 Å². The van der Waals surface area contributed by atoms with Crippen LogP contribution in [-0.2, 0) is 9.59 Å². The fraction of sp³-hybridized carbons (Fsp3) is 0.111. The highest BCUT2D eigenvalue weighted by Gasteiger charge is 2.12. The molecule has 0 unspecified atom stereocenters. The molecule has 2 aromatic carbocycles. The summed E-state index contributed by atoms with van der Waals surface area (Å²) in [5, 5.41) is 4.97. The van der Waals surface area contributed by atoms with Crippen LogP contribution >= 0.6 is 0 Å². The van der Waals surface area contributed by atoms with E-state index >= 15 is 0 Å². The first kappa shape index (κ1) is 16.5. The molecule has 3 rings (SSSR count). The van der Waals surface area contributed by atoms with Crippen LogP contribution < -0.4 is 20.1 Å². The summed E-state index contributed by atoms with van der Waals surface area (Å²) in [6.07, 6.45) is 2.86. The third-order valence-electron chi connectivity index (χ3n) is 3.37. The summed E-state index contributed by atoms with van der Waals surface area (Å²) in [6, 6.07) is 9.19. The van der Waals surface area contributed by atoms with E-state index in [-0.39, 0.29) is 18.4 Å².